The lowest BCUT2D eigenvalue weighted by Gasteiger charge is -2.14. The Hall–Kier alpha value is -4.53. The number of aromatic nitrogens is 4. The van der Waals surface area contributed by atoms with Gasteiger partial charge in [0.1, 0.15) is 22.5 Å². The first-order chi connectivity index (χ1) is 15.5. The zero-order valence-electron chi connectivity index (χ0n) is 17.1. The Kier molecular flexibility index (Phi) is 4.63. The molecule has 9 nitrogen and oxygen atoms in total. The van der Waals surface area contributed by atoms with Crippen molar-refractivity contribution in [2.75, 3.05) is 5.32 Å². The molecule has 4 heterocycles. The maximum absolute atomic E-state index is 13.2. The number of aryl methyl sites for hydroxylation is 1. The zero-order chi connectivity index (χ0) is 22.2. The highest BCUT2D eigenvalue weighted by Gasteiger charge is 2.18. The standard InChI is InChI=1S/C23H18N6O3/c1-14-11-18(27-32-14)25-22(30)16-12-17-21(26-19-9-5-6-10-28(19)23(17)31)29(20(16)24)13-15-7-3-2-4-8-15/h2-12,24H,13H2,1H3,(H,25,27,30). The number of anilines is 1. The summed E-state index contributed by atoms with van der Waals surface area (Å²) in [4.78, 5) is 30.9. The van der Waals surface area contributed by atoms with Crippen molar-refractivity contribution < 1.29 is 9.32 Å². The number of benzene rings is 1. The maximum atomic E-state index is 13.2. The van der Waals surface area contributed by atoms with Crippen molar-refractivity contribution in [3.05, 3.63) is 99.6 Å². The molecule has 5 aromatic rings. The van der Waals surface area contributed by atoms with Crippen molar-refractivity contribution in [2.24, 2.45) is 0 Å². The summed E-state index contributed by atoms with van der Waals surface area (Å²) in [5.41, 5.74) is 1.35. The van der Waals surface area contributed by atoms with E-state index in [1.807, 2.05) is 30.3 Å². The van der Waals surface area contributed by atoms with Crippen LogP contribution in [0.25, 0.3) is 16.7 Å². The summed E-state index contributed by atoms with van der Waals surface area (Å²) in [6, 6.07) is 17.7. The van der Waals surface area contributed by atoms with E-state index in [2.05, 4.69) is 15.5 Å². The van der Waals surface area contributed by atoms with Crippen LogP contribution in [0.5, 0.6) is 0 Å². The Morgan fingerprint density at radius 1 is 1.12 bits per heavy atom. The van der Waals surface area contributed by atoms with Crippen molar-refractivity contribution in [3.63, 3.8) is 0 Å². The normalized spacial score (nSPS) is 11.2. The Morgan fingerprint density at radius 3 is 2.66 bits per heavy atom. The van der Waals surface area contributed by atoms with Gasteiger partial charge >= 0.3 is 0 Å². The van der Waals surface area contributed by atoms with E-state index in [9.17, 15) is 9.59 Å². The van der Waals surface area contributed by atoms with E-state index < -0.39 is 5.91 Å². The van der Waals surface area contributed by atoms with E-state index >= 15 is 0 Å². The van der Waals surface area contributed by atoms with Crippen molar-refractivity contribution in [1.29, 1.82) is 5.41 Å². The van der Waals surface area contributed by atoms with Gasteiger partial charge in [0, 0.05) is 12.3 Å². The smallest absolute Gasteiger partial charge is 0.267 e. The molecule has 4 aromatic heterocycles. The number of amides is 1. The molecular weight excluding hydrogens is 408 g/mol. The molecule has 158 valence electrons. The average Bonchev–Trinajstić information content (AvgIpc) is 3.21. The molecule has 0 aliphatic rings. The second kappa shape index (κ2) is 7.62. The van der Waals surface area contributed by atoms with Crippen molar-refractivity contribution >= 4 is 28.4 Å². The van der Waals surface area contributed by atoms with Crippen LogP contribution in [0, 0.1) is 12.3 Å². The van der Waals surface area contributed by atoms with Crippen LogP contribution >= 0.6 is 0 Å². The minimum atomic E-state index is -0.565. The molecule has 0 radical (unpaired) electrons. The number of hydrogen-bond donors (Lipinski definition) is 2. The van der Waals surface area contributed by atoms with Crippen LogP contribution in [0.3, 0.4) is 0 Å². The molecule has 0 aliphatic heterocycles. The molecule has 0 bridgehead atoms. The molecule has 1 aromatic carbocycles. The van der Waals surface area contributed by atoms with Gasteiger partial charge in [-0.25, -0.2) is 4.98 Å². The molecular formula is C23H18N6O3. The lowest BCUT2D eigenvalue weighted by atomic mass is 10.1. The van der Waals surface area contributed by atoms with E-state index in [-0.39, 0.29) is 34.4 Å². The summed E-state index contributed by atoms with van der Waals surface area (Å²) >= 11 is 0. The van der Waals surface area contributed by atoms with E-state index in [0.717, 1.165) is 5.56 Å². The monoisotopic (exact) mass is 426 g/mol. The first-order valence-corrected chi connectivity index (χ1v) is 9.89. The summed E-state index contributed by atoms with van der Waals surface area (Å²) in [5.74, 6) is 0.206. The predicted octanol–water partition coefficient (Wildman–Crippen LogP) is 2.73. The van der Waals surface area contributed by atoms with E-state index in [4.69, 9.17) is 9.93 Å². The Morgan fingerprint density at radius 2 is 1.91 bits per heavy atom. The van der Waals surface area contributed by atoms with Gasteiger partial charge < -0.3 is 14.4 Å². The van der Waals surface area contributed by atoms with Crippen LogP contribution in [-0.4, -0.2) is 25.0 Å². The van der Waals surface area contributed by atoms with Gasteiger partial charge in [0.15, 0.2) is 5.82 Å². The SMILES string of the molecule is Cc1cc(NC(=O)c2cc3c(=O)n4ccccc4nc3n(Cc3ccccc3)c2=N)no1. The van der Waals surface area contributed by atoms with Crippen molar-refractivity contribution in [3.8, 4) is 0 Å². The summed E-state index contributed by atoms with van der Waals surface area (Å²) in [6.07, 6.45) is 1.62. The topological polar surface area (TPSA) is 118 Å². The fourth-order valence-electron chi connectivity index (χ4n) is 3.59. The van der Waals surface area contributed by atoms with Crippen LogP contribution in [0.2, 0.25) is 0 Å². The van der Waals surface area contributed by atoms with Gasteiger partial charge in [0.05, 0.1) is 17.5 Å². The minimum absolute atomic E-state index is 0.0314. The molecule has 32 heavy (non-hydrogen) atoms. The second-order valence-corrected chi connectivity index (χ2v) is 7.34. The summed E-state index contributed by atoms with van der Waals surface area (Å²) in [5, 5.41) is 15.4. The van der Waals surface area contributed by atoms with Gasteiger partial charge in [-0.05, 0) is 30.7 Å². The first kappa shape index (κ1) is 19.4. The molecule has 0 fully saturated rings. The third-order valence-corrected chi connectivity index (χ3v) is 5.12. The summed E-state index contributed by atoms with van der Waals surface area (Å²) < 4.78 is 7.98. The maximum Gasteiger partial charge on any atom is 0.267 e. The summed E-state index contributed by atoms with van der Waals surface area (Å²) in [7, 11) is 0. The Balaban J connectivity index is 1.75. The molecule has 0 spiro atoms. The molecule has 1 amide bonds. The third kappa shape index (κ3) is 3.35. The number of nitrogens with one attached hydrogen (secondary N) is 2. The quantitative estimate of drug-likeness (QED) is 0.429. The zero-order valence-corrected chi connectivity index (χ0v) is 17.1. The van der Waals surface area contributed by atoms with E-state index in [1.165, 1.54) is 10.5 Å². The van der Waals surface area contributed by atoms with Gasteiger partial charge in [-0.3, -0.25) is 19.4 Å². The number of nitrogens with zero attached hydrogens (tertiary/aromatic N) is 4. The molecule has 0 aliphatic carbocycles. The number of hydrogen-bond acceptors (Lipinski definition) is 6. The first-order valence-electron chi connectivity index (χ1n) is 9.89. The average molecular weight is 426 g/mol. The highest BCUT2D eigenvalue weighted by molar-refractivity contribution is 6.05. The van der Waals surface area contributed by atoms with Crippen molar-refractivity contribution in [2.45, 2.75) is 13.5 Å². The Labute approximate surface area is 181 Å². The number of carbonyl (C=O) groups excluding carboxylic acids is 1. The number of fused-ring (bicyclic) bond motifs is 2. The van der Waals surface area contributed by atoms with Crippen LogP contribution in [0.4, 0.5) is 5.82 Å². The molecule has 0 saturated heterocycles. The van der Waals surface area contributed by atoms with Gasteiger partial charge in [-0.15, -0.1) is 0 Å². The van der Waals surface area contributed by atoms with E-state index in [0.29, 0.717) is 17.1 Å². The molecule has 0 unspecified atom stereocenters. The summed E-state index contributed by atoms with van der Waals surface area (Å²) in [6.45, 7) is 1.98. The van der Waals surface area contributed by atoms with Crippen LogP contribution in [-0.2, 0) is 6.54 Å². The highest BCUT2D eigenvalue weighted by atomic mass is 16.5. The number of carbonyl (C=O) groups is 1. The minimum Gasteiger partial charge on any atom is -0.360 e. The van der Waals surface area contributed by atoms with Gasteiger partial charge in [-0.1, -0.05) is 41.6 Å². The number of pyridine rings is 2. The fourth-order valence-corrected chi connectivity index (χ4v) is 3.59. The van der Waals surface area contributed by atoms with Gasteiger partial charge in [0.2, 0.25) is 0 Å². The Bertz CT molecular complexity index is 1600. The van der Waals surface area contributed by atoms with Crippen LogP contribution in [0.15, 0.2) is 76.2 Å². The second-order valence-electron chi connectivity index (χ2n) is 7.34. The van der Waals surface area contributed by atoms with Crippen LogP contribution in [0.1, 0.15) is 21.7 Å². The molecule has 2 N–H and O–H groups in total. The number of rotatable bonds is 4. The lowest BCUT2D eigenvalue weighted by Crippen LogP contribution is -2.32. The lowest BCUT2D eigenvalue weighted by molar-refractivity contribution is 0.102. The molecule has 9 heteroatoms. The van der Waals surface area contributed by atoms with E-state index in [1.54, 1.807) is 42.0 Å². The van der Waals surface area contributed by atoms with Gasteiger partial charge in [-0.2, -0.15) is 0 Å². The third-order valence-electron chi connectivity index (χ3n) is 5.12. The fraction of sp³-hybridized carbons (Fsp3) is 0.0870. The highest BCUT2D eigenvalue weighted by Crippen LogP contribution is 2.14. The molecule has 5 rings (SSSR count). The molecule has 0 atom stereocenters. The molecule has 0 saturated carbocycles. The van der Waals surface area contributed by atoms with Gasteiger partial charge in [0.25, 0.3) is 11.5 Å². The largest absolute Gasteiger partial charge is 0.360 e. The van der Waals surface area contributed by atoms with Crippen LogP contribution < -0.4 is 16.4 Å². The van der Waals surface area contributed by atoms with Crippen molar-refractivity contribution in [1.82, 2.24) is 19.1 Å². The predicted molar refractivity (Wildman–Crippen MR) is 118 cm³/mol.